The van der Waals surface area contributed by atoms with Gasteiger partial charge in [0.15, 0.2) is 5.13 Å². The van der Waals surface area contributed by atoms with E-state index in [4.69, 9.17) is 0 Å². The van der Waals surface area contributed by atoms with Crippen LogP contribution in [0.3, 0.4) is 0 Å². The highest BCUT2D eigenvalue weighted by Gasteiger charge is 2.09. The van der Waals surface area contributed by atoms with E-state index >= 15 is 0 Å². The van der Waals surface area contributed by atoms with E-state index in [9.17, 15) is 4.79 Å². The van der Waals surface area contributed by atoms with Crippen molar-refractivity contribution < 1.29 is 4.79 Å². The van der Waals surface area contributed by atoms with Crippen LogP contribution in [-0.4, -0.2) is 29.4 Å². The monoisotopic (exact) mass is 345 g/mol. The van der Waals surface area contributed by atoms with Gasteiger partial charge in [-0.15, -0.1) is 22.7 Å². The van der Waals surface area contributed by atoms with Gasteiger partial charge < -0.3 is 5.32 Å². The van der Waals surface area contributed by atoms with Crippen molar-refractivity contribution in [3.05, 3.63) is 32.4 Å². The average Bonchev–Trinajstić information content (AvgIpc) is 2.90. The summed E-state index contributed by atoms with van der Waals surface area (Å²) in [5.74, 6) is -0.0388. The highest BCUT2D eigenvalue weighted by molar-refractivity contribution is 9.11. The lowest BCUT2D eigenvalue weighted by Crippen LogP contribution is -2.29. The molecule has 0 unspecified atom stereocenters. The number of carbonyl (C=O) groups is 1. The lowest BCUT2D eigenvalue weighted by Gasteiger charge is -2.14. The smallest absolute Gasteiger partial charge is 0.240 e. The summed E-state index contributed by atoms with van der Waals surface area (Å²) in [7, 11) is 1.93. The number of likely N-dealkylation sites (N-methyl/N-ethyl adjacent to an activating group) is 1. The Labute approximate surface area is 122 Å². The van der Waals surface area contributed by atoms with Crippen molar-refractivity contribution in [3.63, 3.8) is 0 Å². The number of halogens is 1. The number of hydrogen-bond acceptors (Lipinski definition) is 5. The molecule has 0 saturated heterocycles. The lowest BCUT2D eigenvalue weighted by atomic mass is 10.4. The number of rotatable bonds is 5. The predicted molar refractivity (Wildman–Crippen MR) is 79.1 cm³/mol. The van der Waals surface area contributed by atoms with Crippen molar-refractivity contribution >= 4 is 49.6 Å². The van der Waals surface area contributed by atoms with Gasteiger partial charge in [-0.1, -0.05) is 0 Å². The third-order valence-electron chi connectivity index (χ3n) is 2.15. The number of amides is 1. The van der Waals surface area contributed by atoms with Gasteiger partial charge in [-0.3, -0.25) is 9.69 Å². The second kappa shape index (κ2) is 6.42. The molecule has 0 radical (unpaired) electrons. The van der Waals surface area contributed by atoms with Crippen molar-refractivity contribution in [2.24, 2.45) is 0 Å². The number of anilines is 1. The number of hydrogen-bond donors (Lipinski definition) is 1. The van der Waals surface area contributed by atoms with E-state index in [-0.39, 0.29) is 5.91 Å². The van der Waals surface area contributed by atoms with Gasteiger partial charge in [0.25, 0.3) is 0 Å². The van der Waals surface area contributed by atoms with Crippen molar-refractivity contribution in [1.82, 2.24) is 9.88 Å². The Hall–Kier alpha value is -0.760. The SMILES string of the molecule is CN(CC(=O)Nc1nccs1)Cc1ccc(Br)s1. The molecule has 96 valence electrons. The van der Waals surface area contributed by atoms with Crippen LogP contribution in [0.15, 0.2) is 27.5 Å². The van der Waals surface area contributed by atoms with Gasteiger partial charge in [-0.2, -0.15) is 0 Å². The molecule has 0 bridgehead atoms. The molecular formula is C11H12BrN3OS2. The molecule has 0 aliphatic rings. The summed E-state index contributed by atoms with van der Waals surface area (Å²) >= 11 is 6.53. The Kier molecular flexibility index (Phi) is 4.87. The first-order chi connectivity index (χ1) is 8.63. The van der Waals surface area contributed by atoms with Crippen LogP contribution in [0.25, 0.3) is 0 Å². The molecule has 7 heteroatoms. The van der Waals surface area contributed by atoms with Crippen LogP contribution >= 0.6 is 38.6 Å². The Bertz CT molecular complexity index is 512. The Morgan fingerprint density at radius 3 is 3.00 bits per heavy atom. The zero-order valence-corrected chi connectivity index (χ0v) is 12.9. The summed E-state index contributed by atoms with van der Waals surface area (Å²) in [6.07, 6.45) is 1.67. The van der Waals surface area contributed by atoms with Crippen LogP contribution in [0.2, 0.25) is 0 Å². The van der Waals surface area contributed by atoms with E-state index in [0.29, 0.717) is 11.7 Å². The maximum atomic E-state index is 11.7. The highest BCUT2D eigenvalue weighted by Crippen LogP contribution is 2.22. The molecule has 1 N–H and O–H groups in total. The Morgan fingerprint density at radius 1 is 1.56 bits per heavy atom. The van der Waals surface area contributed by atoms with Crippen molar-refractivity contribution in [2.45, 2.75) is 6.54 Å². The van der Waals surface area contributed by atoms with Crippen molar-refractivity contribution in [1.29, 1.82) is 0 Å². The summed E-state index contributed by atoms with van der Waals surface area (Å²) in [5, 5.41) is 5.25. The first-order valence-corrected chi connectivity index (χ1v) is 7.74. The lowest BCUT2D eigenvalue weighted by molar-refractivity contribution is -0.117. The second-order valence-electron chi connectivity index (χ2n) is 3.76. The molecule has 0 saturated carbocycles. The fraction of sp³-hybridized carbons (Fsp3) is 0.273. The topological polar surface area (TPSA) is 45.2 Å². The second-order valence-corrected chi connectivity index (χ2v) is 7.21. The molecule has 0 spiro atoms. The van der Waals surface area contributed by atoms with E-state index in [1.165, 1.54) is 16.2 Å². The molecule has 2 aromatic rings. The molecular weight excluding hydrogens is 334 g/mol. The predicted octanol–water partition coefficient (Wildman–Crippen LogP) is 3.04. The van der Waals surface area contributed by atoms with Crippen LogP contribution in [-0.2, 0) is 11.3 Å². The summed E-state index contributed by atoms with van der Waals surface area (Å²) in [5.41, 5.74) is 0. The van der Waals surface area contributed by atoms with E-state index < -0.39 is 0 Å². The van der Waals surface area contributed by atoms with Gasteiger partial charge >= 0.3 is 0 Å². The van der Waals surface area contributed by atoms with Gasteiger partial charge in [0.05, 0.1) is 10.3 Å². The molecule has 1 amide bonds. The van der Waals surface area contributed by atoms with Crippen LogP contribution in [0.4, 0.5) is 5.13 Å². The van der Waals surface area contributed by atoms with Gasteiger partial charge in [-0.25, -0.2) is 4.98 Å². The quantitative estimate of drug-likeness (QED) is 0.905. The molecule has 0 aliphatic carbocycles. The zero-order valence-electron chi connectivity index (χ0n) is 9.72. The minimum atomic E-state index is -0.0388. The van der Waals surface area contributed by atoms with E-state index in [1.807, 2.05) is 23.4 Å². The first kappa shape index (κ1) is 13.7. The minimum Gasteiger partial charge on any atom is -0.301 e. The van der Waals surface area contributed by atoms with E-state index in [0.717, 1.165) is 10.3 Å². The Balaban J connectivity index is 1.80. The average molecular weight is 346 g/mol. The standard InChI is InChI=1S/C11H12BrN3OS2/c1-15(6-8-2-3-9(12)18-8)7-10(16)14-11-13-4-5-17-11/h2-5H,6-7H2,1H3,(H,13,14,16). The Morgan fingerprint density at radius 2 is 2.39 bits per heavy atom. The molecule has 2 rings (SSSR count). The molecule has 0 fully saturated rings. The fourth-order valence-electron chi connectivity index (χ4n) is 1.45. The summed E-state index contributed by atoms with van der Waals surface area (Å²) in [4.78, 5) is 18.9. The number of aromatic nitrogens is 1. The van der Waals surface area contributed by atoms with Crippen molar-refractivity contribution in [2.75, 3.05) is 18.9 Å². The van der Waals surface area contributed by atoms with Crippen molar-refractivity contribution in [3.8, 4) is 0 Å². The number of thiophene rings is 1. The molecule has 0 atom stereocenters. The number of nitrogens with one attached hydrogen (secondary N) is 1. The minimum absolute atomic E-state index is 0.0388. The molecule has 0 aliphatic heterocycles. The summed E-state index contributed by atoms with van der Waals surface area (Å²) in [6, 6.07) is 4.08. The molecule has 18 heavy (non-hydrogen) atoms. The molecule has 2 aromatic heterocycles. The van der Waals surface area contributed by atoms with Crippen LogP contribution < -0.4 is 5.32 Å². The van der Waals surface area contributed by atoms with Crippen LogP contribution in [0, 0.1) is 0 Å². The maximum absolute atomic E-state index is 11.7. The number of carbonyl (C=O) groups excluding carboxylic acids is 1. The molecule has 2 heterocycles. The highest BCUT2D eigenvalue weighted by atomic mass is 79.9. The normalized spacial score (nSPS) is 10.8. The third-order valence-corrected chi connectivity index (χ3v) is 4.44. The van der Waals surface area contributed by atoms with Crippen LogP contribution in [0.5, 0.6) is 0 Å². The maximum Gasteiger partial charge on any atom is 0.240 e. The van der Waals surface area contributed by atoms with Crippen LogP contribution in [0.1, 0.15) is 4.88 Å². The zero-order chi connectivity index (χ0) is 13.0. The third kappa shape index (κ3) is 4.16. The van der Waals surface area contributed by atoms with Gasteiger partial charge in [0.2, 0.25) is 5.91 Å². The molecule has 4 nitrogen and oxygen atoms in total. The van der Waals surface area contributed by atoms with Gasteiger partial charge in [-0.05, 0) is 35.1 Å². The van der Waals surface area contributed by atoms with E-state index in [2.05, 4.69) is 32.3 Å². The van der Waals surface area contributed by atoms with Gasteiger partial charge in [0, 0.05) is 23.0 Å². The van der Waals surface area contributed by atoms with E-state index in [1.54, 1.807) is 17.5 Å². The number of thiazole rings is 1. The van der Waals surface area contributed by atoms with Gasteiger partial charge in [0.1, 0.15) is 0 Å². The largest absolute Gasteiger partial charge is 0.301 e. The molecule has 0 aromatic carbocycles. The number of nitrogens with zero attached hydrogens (tertiary/aromatic N) is 2. The summed E-state index contributed by atoms with van der Waals surface area (Å²) in [6.45, 7) is 1.12. The first-order valence-electron chi connectivity index (χ1n) is 5.25. The summed E-state index contributed by atoms with van der Waals surface area (Å²) < 4.78 is 1.11. The fourth-order valence-corrected chi connectivity index (χ4v) is 3.56.